The van der Waals surface area contributed by atoms with Gasteiger partial charge in [-0.15, -0.1) is 0 Å². The van der Waals surface area contributed by atoms with Crippen LogP contribution in [0.15, 0.2) is 24.3 Å². The second-order valence-electron chi connectivity index (χ2n) is 7.61. The molecule has 0 radical (unpaired) electrons. The predicted molar refractivity (Wildman–Crippen MR) is 106 cm³/mol. The van der Waals surface area contributed by atoms with Crippen molar-refractivity contribution >= 4 is 17.5 Å². The molecule has 1 aromatic carbocycles. The zero-order valence-corrected chi connectivity index (χ0v) is 16.7. The number of hydrogen-bond acceptors (Lipinski definition) is 4. The third kappa shape index (κ3) is 3.89. The zero-order valence-electron chi connectivity index (χ0n) is 16.7. The summed E-state index contributed by atoms with van der Waals surface area (Å²) in [6.07, 6.45) is 3.40. The van der Waals surface area contributed by atoms with Crippen molar-refractivity contribution in [2.45, 2.75) is 32.6 Å². The average Bonchev–Trinajstić information content (AvgIpc) is 3.53. The monoisotopic (exact) mass is 373 g/mol. The minimum absolute atomic E-state index is 0.00751. The van der Waals surface area contributed by atoms with Crippen LogP contribution >= 0.6 is 0 Å². The standard InChI is InChI=1S/C21H31N3O3/c1-4-5-12-22(2)19(25)21(10-11-21)20(26)24-15-13-23(14-16-24)17-8-6-7-9-18(17)27-3/h6-9H,4-5,10-16H2,1-3H3. The van der Waals surface area contributed by atoms with Crippen LogP contribution < -0.4 is 9.64 Å². The van der Waals surface area contributed by atoms with Gasteiger partial charge in [0, 0.05) is 39.8 Å². The van der Waals surface area contributed by atoms with Gasteiger partial charge >= 0.3 is 0 Å². The molecule has 0 bridgehead atoms. The number of para-hydroxylation sites is 2. The molecule has 0 spiro atoms. The summed E-state index contributed by atoms with van der Waals surface area (Å²) >= 11 is 0. The Balaban J connectivity index is 1.61. The van der Waals surface area contributed by atoms with E-state index in [-0.39, 0.29) is 11.8 Å². The molecule has 1 saturated carbocycles. The van der Waals surface area contributed by atoms with Gasteiger partial charge in [-0.2, -0.15) is 0 Å². The molecule has 3 rings (SSSR count). The van der Waals surface area contributed by atoms with Crippen LogP contribution in [-0.2, 0) is 9.59 Å². The number of unbranched alkanes of at least 4 members (excludes halogenated alkanes) is 1. The smallest absolute Gasteiger partial charge is 0.238 e. The average molecular weight is 373 g/mol. The van der Waals surface area contributed by atoms with E-state index in [2.05, 4.69) is 11.8 Å². The maximum Gasteiger partial charge on any atom is 0.238 e. The summed E-state index contributed by atoms with van der Waals surface area (Å²) in [4.78, 5) is 31.8. The quantitative estimate of drug-likeness (QED) is 0.689. The zero-order chi connectivity index (χ0) is 19.4. The molecule has 0 aromatic heterocycles. The first-order valence-corrected chi connectivity index (χ1v) is 9.96. The summed E-state index contributed by atoms with van der Waals surface area (Å²) in [5.41, 5.74) is 0.276. The molecule has 1 aliphatic heterocycles. The number of piperazine rings is 1. The van der Waals surface area contributed by atoms with Gasteiger partial charge < -0.3 is 19.4 Å². The lowest BCUT2D eigenvalue weighted by Gasteiger charge is -2.38. The molecule has 0 unspecified atom stereocenters. The van der Waals surface area contributed by atoms with Crippen molar-refractivity contribution in [2.24, 2.45) is 5.41 Å². The molecule has 1 saturated heterocycles. The molecule has 0 atom stereocenters. The van der Waals surface area contributed by atoms with Crippen LogP contribution in [0.25, 0.3) is 0 Å². The summed E-state index contributed by atoms with van der Waals surface area (Å²) in [7, 11) is 3.50. The number of hydrogen-bond donors (Lipinski definition) is 0. The number of rotatable bonds is 7. The van der Waals surface area contributed by atoms with Crippen molar-refractivity contribution in [2.75, 3.05) is 51.8 Å². The Morgan fingerprint density at radius 3 is 2.41 bits per heavy atom. The molecule has 27 heavy (non-hydrogen) atoms. The number of anilines is 1. The van der Waals surface area contributed by atoms with Gasteiger partial charge in [0.15, 0.2) is 0 Å². The van der Waals surface area contributed by atoms with Gasteiger partial charge in [0.25, 0.3) is 0 Å². The van der Waals surface area contributed by atoms with Crippen molar-refractivity contribution in [3.8, 4) is 5.75 Å². The number of amides is 2. The van der Waals surface area contributed by atoms with E-state index in [0.29, 0.717) is 25.9 Å². The number of methoxy groups -OCH3 is 1. The van der Waals surface area contributed by atoms with Gasteiger partial charge in [-0.25, -0.2) is 0 Å². The van der Waals surface area contributed by atoms with E-state index in [0.717, 1.165) is 43.9 Å². The number of carbonyl (C=O) groups excluding carboxylic acids is 2. The van der Waals surface area contributed by atoms with Crippen molar-refractivity contribution < 1.29 is 14.3 Å². The van der Waals surface area contributed by atoms with Crippen molar-refractivity contribution in [3.63, 3.8) is 0 Å². The lowest BCUT2D eigenvalue weighted by atomic mass is 10.0. The summed E-state index contributed by atoms with van der Waals surface area (Å²) in [5.74, 6) is 0.882. The Hall–Kier alpha value is -2.24. The molecule has 0 N–H and O–H groups in total. The van der Waals surface area contributed by atoms with Crippen LogP contribution in [0.3, 0.4) is 0 Å². The highest BCUT2D eigenvalue weighted by molar-refractivity contribution is 6.07. The normalized spacial score (nSPS) is 18.2. The molecule has 6 nitrogen and oxygen atoms in total. The lowest BCUT2D eigenvalue weighted by molar-refractivity contribution is -0.149. The van der Waals surface area contributed by atoms with Gasteiger partial charge in [0.2, 0.25) is 11.8 Å². The minimum atomic E-state index is -0.783. The summed E-state index contributed by atoms with van der Waals surface area (Å²) in [6, 6.07) is 7.96. The Labute approximate surface area is 162 Å². The highest BCUT2D eigenvalue weighted by atomic mass is 16.5. The van der Waals surface area contributed by atoms with Crippen LogP contribution in [0.5, 0.6) is 5.75 Å². The Bertz CT molecular complexity index is 679. The number of benzene rings is 1. The second-order valence-corrected chi connectivity index (χ2v) is 7.61. The first-order valence-electron chi connectivity index (χ1n) is 9.96. The largest absolute Gasteiger partial charge is 0.495 e. The topological polar surface area (TPSA) is 53.1 Å². The second kappa shape index (κ2) is 8.19. The molecule has 2 amide bonds. The molecule has 1 heterocycles. The van der Waals surface area contributed by atoms with E-state index in [1.165, 1.54) is 0 Å². The van der Waals surface area contributed by atoms with Crippen molar-refractivity contribution in [1.29, 1.82) is 0 Å². The predicted octanol–water partition coefficient (Wildman–Crippen LogP) is 2.38. The first-order chi connectivity index (χ1) is 13.0. The Morgan fingerprint density at radius 2 is 1.81 bits per heavy atom. The molecule has 6 heteroatoms. The van der Waals surface area contributed by atoms with Crippen LogP contribution in [0.2, 0.25) is 0 Å². The highest BCUT2D eigenvalue weighted by Gasteiger charge is 2.59. The van der Waals surface area contributed by atoms with Crippen LogP contribution in [0.1, 0.15) is 32.6 Å². The van der Waals surface area contributed by atoms with E-state index in [4.69, 9.17) is 4.74 Å². The maximum atomic E-state index is 13.1. The van der Waals surface area contributed by atoms with E-state index in [9.17, 15) is 9.59 Å². The maximum absolute atomic E-state index is 13.1. The van der Waals surface area contributed by atoms with Gasteiger partial charge in [0.1, 0.15) is 11.2 Å². The van der Waals surface area contributed by atoms with E-state index in [1.807, 2.05) is 36.2 Å². The Kier molecular flexibility index (Phi) is 5.92. The van der Waals surface area contributed by atoms with Gasteiger partial charge in [-0.05, 0) is 31.4 Å². The van der Waals surface area contributed by atoms with Crippen molar-refractivity contribution in [3.05, 3.63) is 24.3 Å². The summed E-state index contributed by atoms with van der Waals surface area (Å²) in [5, 5.41) is 0. The molecular formula is C21H31N3O3. The van der Waals surface area contributed by atoms with Gasteiger partial charge in [-0.1, -0.05) is 25.5 Å². The molecule has 1 aliphatic carbocycles. The molecule has 2 fully saturated rings. The van der Waals surface area contributed by atoms with E-state index < -0.39 is 5.41 Å². The van der Waals surface area contributed by atoms with Crippen LogP contribution in [-0.4, -0.2) is 68.5 Å². The van der Waals surface area contributed by atoms with Crippen molar-refractivity contribution in [1.82, 2.24) is 9.80 Å². The Morgan fingerprint density at radius 1 is 1.15 bits per heavy atom. The fourth-order valence-electron chi connectivity index (χ4n) is 3.85. The number of carbonyl (C=O) groups is 2. The fourth-order valence-corrected chi connectivity index (χ4v) is 3.85. The first kappa shape index (κ1) is 19.5. The molecule has 1 aromatic rings. The molecule has 148 valence electrons. The lowest BCUT2D eigenvalue weighted by Crippen LogP contribution is -2.53. The minimum Gasteiger partial charge on any atom is -0.495 e. The van der Waals surface area contributed by atoms with Crippen LogP contribution in [0.4, 0.5) is 5.69 Å². The molecule has 2 aliphatic rings. The van der Waals surface area contributed by atoms with Crippen LogP contribution in [0, 0.1) is 5.41 Å². The highest BCUT2D eigenvalue weighted by Crippen LogP contribution is 2.49. The number of ether oxygens (including phenoxy) is 1. The van der Waals surface area contributed by atoms with Gasteiger partial charge in [0.05, 0.1) is 12.8 Å². The van der Waals surface area contributed by atoms with Gasteiger partial charge in [-0.3, -0.25) is 9.59 Å². The van der Waals surface area contributed by atoms with E-state index in [1.54, 1.807) is 12.0 Å². The third-order valence-corrected chi connectivity index (χ3v) is 5.76. The SMILES string of the molecule is CCCCN(C)C(=O)C1(C(=O)N2CCN(c3ccccc3OC)CC2)CC1. The van der Waals surface area contributed by atoms with E-state index >= 15 is 0 Å². The fraction of sp³-hybridized carbons (Fsp3) is 0.619. The molecular weight excluding hydrogens is 342 g/mol. The summed E-state index contributed by atoms with van der Waals surface area (Å²) < 4.78 is 5.45. The number of nitrogens with zero attached hydrogens (tertiary/aromatic N) is 3. The third-order valence-electron chi connectivity index (χ3n) is 5.76. The summed E-state index contributed by atoms with van der Waals surface area (Å²) in [6.45, 7) is 5.63.